The molecule has 0 saturated carbocycles. The molecule has 4 nitrogen and oxygen atoms in total. The standard InChI is InChI=1S/C12H11F2NO3/c13-12(14,6-11(17)18)8-2-3-9-7(5-8)1-4-10(16)15-9/h2-3,5H,1,4,6H2,(H,15,16)(H,17,18). The van der Waals surface area contributed by atoms with Crippen LogP contribution in [0.4, 0.5) is 14.5 Å². The van der Waals surface area contributed by atoms with Gasteiger partial charge in [-0.3, -0.25) is 9.59 Å². The van der Waals surface area contributed by atoms with E-state index in [1.807, 2.05) is 0 Å². The molecule has 2 N–H and O–H groups in total. The Balaban J connectivity index is 2.31. The van der Waals surface area contributed by atoms with E-state index in [0.29, 0.717) is 17.7 Å². The van der Waals surface area contributed by atoms with Crippen molar-refractivity contribution in [3.63, 3.8) is 0 Å². The number of anilines is 1. The normalized spacial score (nSPS) is 14.9. The van der Waals surface area contributed by atoms with Crippen LogP contribution in [-0.2, 0) is 21.9 Å². The highest BCUT2D eigenvalue weighted by Gasteiger charge is 2.35. The number of hydrogen-bond donors (Lipinski definition) is 2. The summed E-state index contributed by atoms with van der Waals surface area (Å²) in [6.45, 7) is 0. The fourth-order valence-electron chi connectivity index (χ4n) is 1.90. The second kappa shape index (κ2) is 4.36. The summed E-state index contributed by atoms with van der Waals surface area (Å²) in [5.41, 5.74) is 0.790. The molecule has 1 aromatic rings. The molecule has 0 aromatic heterocycles. The number of benzene rings is 1. The molecule has 0 spiro atoms. The first-order valence-corrected chi connectivity index (χ1v) is 5.41. The predicted molar refractivity (Wildman–Crippen MR) is 59.5 cm³/mol. The molecular weight excluding hydrogens is 244 g/mol. The maximum Gasteiger partial charge on any atom is 0.309 e. The van der Waals surface area contributed by atoms with Crippen LogP contribution in [0.2, 0.25) is 0 Å². The minimum Gasteiger partial charge on any atom is -0.481 e. The molecule has 1 amide bonds. The van der Waals surface area contributed by atoms with Gasteiger partial charge in [0.1, 0.15) is 6.42 Å². The molecule has 0 unspecified atom stereocenters. The van der Waals surface area contributed by atoms with E-state index in [2.05, 4.69) is 5.32 Å². The number of alkyl halides is 2. The van der Waals surface area contributed by atoms with Gasteiger partial charge in [0.2, 0.25) is 5.91 Å². The van der Waals surface area contributed by atoms with Gasteiger partial charge in [-0.05, 0) is 24.1 Å². The Morgan fingerprint density at radius 1 is 1.39 bits per heavy atom. The SMILES string of the molecule is O=C(O)CC(F)(F)c1ccc2c(c1)CCC(=O)N2. The summed E-state index contributed by atoms with van der Waals surface area (Å²) >= 11 is 0. The molecule has 6 heteroatoms. The number of carboxylic acid groups (broad SMARTS) is 1. The molecule has 1 aromatic carbocycles. The highest BCUT2D eigenvalue weighted by molar-refractivity contribution is 5.93. The smallest absolute Gasteiger partial charge is 0.309 e. The van der Waals surface area contributed by atoms with Crippen molar-refractivity contribution in [3.05, 3.63) is 29.3 Å². The maximum absolute atomic E-state index is 13.6. The Bertz CT molecular complexity index is 514. The van der Waals surface area contributed by atoms with Gasteiger partial charge in [0.25, 0.3) is 5.92 Å². The highest BCUT2D eigenvalue weighted by atomic mass is 19.3. The molecule has 0 radical (unpaired) electrons. The van der Waals surface area contributed by atoms with Crippen molar-refractivity contribution in [2.45, 2.75) is 25.2 Å². The Hall–Kier alpha value is -1.98. The van der Waals surface area contributed by atoms with E-state index in [0.717, 1.165) is 6.07 Å². The van der Waals surface area contributed by atoms with Crippen LogP contribution < -0.4 is 5.32 Å². The molecule has 1 aliphatic rings. The summed E-state index contributed by atoms with van der Waals surface area (Å²) in [5, 5.41) is 11.0. The van der Waals surface area contributed by atoms with E-state index >= 15 is 0 Å². The molecule has 0 saturated heterocycles. The molecule has 0 aliphatic carbocycles. The van der Waals surface area contributed by atoms with Crippen molar-refractivity contribution in [2.24, 2.45) is 0 Å². The van der Waals surface area contributed by atoms with Gasteiger partial charge >= 0.3 is 5.97 Å². The number of carboxylic acids is 1. The number of fused-ring (bicyclic) bond motifs is 1. The monoisotopic (exact) mass is 255 g/mol. The van der Waals surface area contributed by atoms with Crippen molar-refractivity contribution in [2.75, 3.05) is 5.32 Å². The van der Waals surface area contributed by atoms with Crippen molar-refractivity contribution in [1.82, 2.24) is 0 Å². The van der Waals surface area contributed by atoms with Crippen LogP contribution in [0.5, 0.6) is 0 Å². The lowest BCUT2D eigenvalue weighted by molar-refractivity contribution is -0.145. The first-order valence-electron chi connectivity index (χ1n) is 5.41. The van der Waals surface area contributed by atoms with Gasteiger partial charge in [-0.25, -0.2) is 8.78 Å². The fraction of sp³-hybridized carbons (Fsp3) is 0.333. The van der Waals surface area contributed by atoms with E-state index < -0.39 is 18.3 Å². The first-order chi connectivity index (χ1) is 8.38. The van der Waals surface area contributed by atoms with E-state index in [-0.39, 0.29) is 17.9 Å². The molecule has 1 aliphatic heterocycles. The Morgan fingerprint density at radius 2 is 2.11 bits per heavy atom. The third-order valence-corrected chi connectivity index (χ3v) is 2.80. The van der Waals surface area contributed by atoms with Crippen LogP contribution in [-0.4, -0.2) is 17.0 Å². The van der Waals surface area contributed by atoms with Crippen molar-refractivity contribution in [1.29, 1.82) is 0 Å². The number of nitrogens with one attached hydrogen (secondary N) is 1. The number of carbonyl (C=O) groups excluding carboxylic acids is 1. The number of hydrogen-bond acceptors (Lipinski definition) is 2. The van der Waals surface area contributed by atoms with Gasteiger partial charge in [0.15, 0.2) is 0 Å². The van der Waals surface area contributed by atoms with Crippen LogP contribution in [0.15, 0.2) is 18.2 Å². The highest BCUT2D eigenvalue weighted by Crippen LogP contribution is 2.35. The van der Waals surface area contributed by atoms with Gasteiger partial charge < -0.3 is 10.4 Å². The van der Waals surface area contributed by atoms with Crippen molar-refractivity contribution in [3.8, 4) is 0 Å². The van der Waals surface area contributed by atoms with Crippen molar-refractivity contribution >= 4 is 17.6 Å². The molecular formula is C12H11F2NO3. The number of halogens is 2. The number of amides is 1. The average Bonchev–Trinajstić information content (AvgIpc) is 2.26. The van der Waals surface area contributed by atoms with Crippen molar-refractivity contribution < 1.29 is 23.5 Å². The quantitative estimate of drug-likeness (QED) is 0.869. The largest absolute Gasteiger partial charge is 0.481 e. The minimum absolute atomic E-state index is 0.146. The topological polar surface area (TPSA) is 66.4 Å². The number of aryl methyl sites for hydroxylation is 1. The van der Waals surface area contributed by atoms with E-state index in [4.69, 9.17) is 5.11 Å². The van der Waals surface area contributed by atoms with Crippen LogP contribution in [0, 0.1) is 0 Å². The van der Waals surface area contributed by atoms with Crippen LogP contribution in [0.3, 0.4) is 0 Å². The number of rotatable bonds is 3. The molecule has 0 atom stereocenters. The molecule has 1 heterocycles. The van der Waals surface area contributed by atoms with E-state index in [1.54, 1.807) is 0 Å². The molecule has 0 bridgehead atoms. The van der Waals surface area contributed by atoms with Gasteiger partial charge in [-0.2, -0.15) is 0 Å². The molecule has 96 valence electrons. The lowest BCUT2D eigenvalue weighted by Gasteiger charge is -2.20. The lowest BCUT2D eigenvalue weighted by atomic mass is 9.97. The summed E-state index contributed by atoms with van der Waals surface area (Å²) in [4.78, 5) is 21.5. The maximum atomic E-state index is 13.6. The number of carbonyl (C=O) groups is 2. The zero-order valence-electron chi connectivity index (χ0n) is 9.37. The lowest BCUT2D eigenvalue weighted by Crippen LogP contribution is -2.22. The van der Waals surface area contributed by atoms with Crippen LogP contribution in [0.25, 0.3) is 0 Å². The first kappa shape index (κ1) is 12.5. The third-order valence-electron chi connectivity index (χ3n) is 2.80. The van der Waals surface area contributed by atoms with Gasteiger partial charge in [-0.15, -0.1) is 0 Å². The Labute approximate surface area is 102 Å². The Morgan fingerprint density at radius 3 is 2.78 bits per heavy atom. The summed E-state index contributed by atoms with van der Waals surface area (Å²) in [6, 6.07) is 3.79. The van der Waals surface area contributed by atoms with Crippen LogP contribution in [0.1, 0.15) is 24.0 Å². The van der Waals surface area contributed by atoms with Gasteiger partial charge in [0.05, 0.1) is 0 Å². The fourth-order valence-corrected chi connectivity index (χ4v) is 1.90. The molecule has 18 heavy (non-hydrogen) atoms. The zero-order chi connectivity index (χ0) is 13.3. The van der Waals surface area contributed by atoms with Gasteiger partial charge in [0, 0.05) is 17.7 Å². The Kier molecular flexibility index (Phi) is 3.02. The molecule has 0 fully saturated rings. The minimum atomic E-state index is -3.40. The second-order valence-electron chi connectivity index (χ2n) is 4.20. The van der Waals surface area contributed by atoms with Gasteiger partial charge in [-0.1, -0.05) is 6.07 Å². The summed E-state index contributed by atoms with van der Waals surface area (Å²) in [6.07, 6.45) is -0.600. The summed E-state index contributed by atoms with van der Waals surface area (Å²) < 4.78 is 27.2. The molecule has 2 rings (SSSR count). The summed E-state index contributed by atoms with van der Waals surface area (Å²) in [5.74, 6) is -5.10. The average molecular weight is 255 g/mol. The summed E-state index contributed by atoms with van der Waals surface area (Å²) in [7, 11) is 0. The third kappa shape index (κ3) is 2.47. The van der Waals surface area contributed by atoms with E-state index in [9.17, 15) is 18.4 Å². The predicted octanol–water partition coefficient (Wildman–Crippen LogP) is 2.14. The second-order valence-corrected chi connectivity index (χ2v) is 4.20. The van der Waals surface area contributed by atoms with E-state index in [1.165, 1.54) is 12.1 Å². The number of aliphatic carboxylic acids is 1. The van der Waals surface area contributed by atoms with Crippen LogP contribution >= 0.6 is 0 Å². The zero-order valence-corrected chi connectivity index (χ0v) is 9.37.